The van der Waals surface area contributed by atoms with Crippen molar-refractivity contribution in [3.05, 3.63) is 89.5 Å². The first-order valence-corrected chi connectivity index (χ1v) is 9.77. The van der Waals surface area contributed by atoms with E-state index >= 15 is 0 Å². The van der Waals surface area contributed by atoms with Gasteiger partial charge in [-0.1, -0.05) is 53.1 Å². The van der Waals surface area contributed by atoms with Crippen LogP contribution in [0.25, 0.3) is 0 Å². The van der Waals surface area contributed by atoms with Gasteiger partial charge >= 0.3 is 27.6 Å². The molecule has 0 saturated carbocycles. The first kappa shape index (κ1) is 21.2. The molecule has 0 fully saturated rings. The number of rotatable bonds is 6. The average Bonchev–Trinajstić information content (AvgIpc) is 2.61. The molecule has 6 heteroatoms. The van der Waals surface area contributed by atoms with Crippen molar-refractivity contribution in [3.63, 3.8) is 0 Å². The van der Waals surface area contributed by atoms with Gasteiger partial charge in [-0.3, -0.25) is 0 Å². The fourth-order valence-corrected chi connectivity index (χ4v) is 3.49. The second-order valence-electron chi connectivity index (χ2n) is 6.16. The van der Waals surface area contributed by atoms with Gasteiger partial charge in [-0.15, -0.1) is 0 Å². The van der Waals surface area contributed by atoms with E-state index in [1.54, 1.807) is 36.4 Å². The van der Waals surface area contributed by atoms with Crippen LogP contribution in [0, 0.1) is 20.8 Å². The summed E-state index contributed by atoms with van der Waals surface area (Å²) in [5, 5.41) is 0. The van der Waals surface area contributed by atoms with Crippen molar-refractivity contribution in [2.45, 2.75) is 20.8 Å². The number of hydrogen-bond donors (Lipinski definition) is 0. The van der Waals surface area contributed by atoms with Gasteiger partial charge in [-0.05, 0) is 57.2 Å². The summed E-state index contributed by atoms with van der Waals surface area (Å²) >= 11 is 0. The number of hydrogen-bond acceptors (Lipinski definition) is 4. The molecule has 0 aliphatic rings. The van der Waals surface area contributed by atoms with Crippen molar-refractivity contribution in [2.24, 2.45) is 0 Å². The topological polar surface area (TPSA) is 44.8 Å². The van der Waals surface area contributed by atoms with Gasteiger partial charge in [-0.25, -0.2) is 0 Å². The Balaban J connectivity index is 0.00000261. The maximum absolute atomic E-state index is 13.3. The predicted molar refractivity (Wildman–Crippen MR) is 113 cm³/mol. The van der Waals surface area contributed by atoms with E-state index in [4.69, 9.17) is 13.6 Å². The summed E-state index contributed by atoms with van der Waals surface area (Å²) in [7, 11) is -3.93. The Labute approximate surface area is 173 Å². The molecular weight excluding hydrogens is 417 g/mol. The number of phosphoric ester groups is 1. The summed E-state index contributed by atoms with van der Waals surface area (Å²) in [6, 6.07) is 21.6. The van der Waals surface area contributed by atoms with Crippen LogP contribution in [0.4, 0.5) is 0 Å². The van der Waals surface area contributed by atoms with Gasteiger partial charge in [0.05, 0.1) is 0 Å². The maximum atomic E-state index is 13.3. The van der Waals surface area contributed by atoms with E-state index in [2.05, 4.69) is 0 Å². The van der Waals surface area contributed by atoms with Crippen molar-refractivity contribution in [2.75, 3.05) is 0 Å². The summed E-state index contributed by atoms with van der Waals surface area (Å²) < 4.78 is 30.2. The quantitative estimate of drug-likeness (QED) is 0.396. The van der Waals surface area contributed by atoms with Crippen LogP contribution in [0.1, 0.15) is 16.7 Å². The van der Waals surface area contributed by atoms with Crippen LogP contribution < -0.4 is 13.6 Å². The molecule has 3 aromatic carbocycles. The van der Waals surface area contributed by atoms with Crippen molar-refractivity contribution in [3.8, 4) is 17.2 Å². The van der Waals surface area contributed by atoms with Crippen LogP contribution in [-0.2, 0) is 4.57 Å². The third kappa shape index (κ3) is 6.24. The van der Waals surface area contributed by atoms with E-state index in [1.165, 1.54) is 0 Å². The molecule has 0 spiro atoms. The Bertz CT molecular complexity index is 784. The first-order chi connectivity index (χ1) is 12.4. The van der Waals surface area contributed by atoms with E-state index < -0.39 is 7.82 Å². The Hall–Kier alpha value is -2.07. The van der Waals surface area contributed by atoms with Gasteiger partial charge in [0.25, 0.3) is 0 Å². The van der Waals surface area contributed by atoms with Gasteiger partial charge < -0.3 is 13.6 Å². The summed E-state index contributed by atoms with van der Waals surface area (Å²) in [5.41, 5.74) is 3.23. The standard InChI is InChI=1S/C21H21O4P.Ga.3H/c1-16-4-10-19(11-5-16)23-26(22,24-20-12-6-17(2)7-13-20)25-21-14-8-18(3)9-15-21;;;;/h4-15H,1-3H3;;;;. The zero-order valence-corrected chi connectivity index (χ0v) is 15.9. The molecule has 0 aliphatic heterocycles. The normalized spacial score (nSPS) is 10.6. The predicted octanol–water partition coefficient (Wildman–Crippen LogP) is 5.07. The van der Waals surface area contributed by atoms with Crippen LogP contribution in [0.5, 0.6) is 17.2 Å². The van der Waals surface area contributed by atoms with Crippen LogP contribution in [0.15, 0.2) is 72.8 Å². The minimum atomic E-state index is -3.93. The zero-order chi connectivity index (χ0) is 18.6. The minimum absolute atomic E-state index is 0. The molecule has 0 radical (unpaired) electrons. The molecule has 3 aromatic rings. The Morgan fingerprint density at radius 2 is 0.741 bits per heavy atom. The van der Waals surface area contributed by atoms with E-state index in [0.29, 0.717) is 17.2 Å². The van der Waals surface area contributed by atoms with Gasteiger partial charge in [0.2, 0.25) is 0 Å². The molecule has 0 bridgehead atoms. The fraction of sp³-hybridized carbons (Fsp3) is 0.143. The molecule has 4 nitrogen and oxygen atoms in total. The molecule has 0 aliphatic carbocycles. The van der Waals surface area contributed by atoms with E-state index in [9.17, 15) is 4.57 Å². The summed E-state index contributed by atoms with van der Waals surface area (Å²) in [6.07, 6.45) is 0. The molecular formula is C21H24GaO4P. The summed E-state index contributed by atoms with van der Waals surface area (Å²) in [4.78, 5) is 0. The average molecular weight is 441 g/mol. The van der Waals surface area contributed by atoms with Crippen molar-refractivity contribution in [1.82, 2.24) is 0 Å². The molecule has 0 heterocycles. The number of benzene rings is 3. The summed E-state index contributed by atoms with van der Waals surface area (Å²) in [6.45, 7) is 5.90. The second-order valence-corrected chi connectivity index (χ2v) is 7.60. The third-order valence-corrected chi connectivity index (χ3v) is 5.02. The van der Waals surface area contributed by atoms with Gasteiger partial charge in [0.1, 0.15) is 17.2 Å². The van der Waals surface area contributed by atoms with Crippen LogP contribution >= 0.6 is 7.82 Å². The second kappa shape index (κ2) is 9.22. The molecule has 3 rings (SSSR count). The van der Waals surface area contributed by atoms with Gasteiger partial charge in [0, 0.05) is 0 Å². The SMILES string of the molecule is Cc1ccc(OP(=O)(Oc2ccc(C)cc2)Oc2ccc(C)cc2)cc1.[GaH3]. The molecule has 0 amide bonds. The van der Waals surface area contributed by atoms with Crippen molar-refractivity contribution >= 4 is 27.6 Å². The summed E-state index contributed by atoms with van der Waals surface area (Å²) in [5.74, 6) is 1.24. The molecule has 0 saturated heterocycles. The monoisotopic (exact) mass is 440 g/mol. The van der Waals surface area contributed by atoms with Crippen LogP contribution in [-0.4, -0.2) is 19.8 Å². The fourth-order valence-electron chi connectivity index (χ4n) is 2.24. The van der Waals surface area contributed by atoms with Crippen LogP contribution in [0.2, 0.25) is 0 Å². The molecule has 0 unspecified atom stereocenters. The van der Waals surface area contributed by atoms with Gasteiger partial charge in [-0.2, -0.15) is 4.57 Å². The molecule has 140 valence electrons. The Morgan fingerprint density at radius 1 is 0.519 bits per heavy atom. The molecule has 0 atom stereocenters. The molecule has 0 N–H and O–H groups in total. The number of aryl methyl sites for hydroxylation is 3. The zero-order valence-electron chi connectivity index (χ0n) is 15.0. The Kier molecular flexibility index (Phi) is 7.25. The molecule has 0 aromatic heterocycles. The van der Waals surface area contributed by atoms with E-state index in [-0.39, 0.29) is 19.8 Å². The molecule has 27 heavy (non-hydrogen) atoms. The first-order valence-electron chi connectivity index (χ1n) is 8.31. The van der Waals surface area contributed by atoms with Crippen molar-refractivity contribution < 1.29 is 18.1 Å². The van der Waals surface area contributed by atoms with Crippen LogP contribution in [0.3, 0.4) is 0 Å². The third-order valence-electron chi connectivity index (χ3n) is 3.71. The van der Waals surface area contributed by atoms with E-state index in [0.717, 1.165) is 16.7 Å². The van der Waals surface area contributed by atoms with E-state index in [1.807, 2.05) is 57.2 Å². The van der Waals surface area contributed by atoms with Gasteiger partial charge in [0.15, 0.2) is 0 Å². The Morgan fingerprint density at radius 3 is 0.963 bits per heavy atom. The van der Waals surface area contributed by atoms with Crippen molar-refractivity contribution in [1.29, 1.82) is 0 Å². The number of phosphoric acid groups is 1.